The molecule has 1 fully saturated rings. The van der Waals surface area contributed by atoms with Gasteiger partial charge in [0, 0.05) is 5.92 Å². The van der Waals surface area contributed by atoms with Crippen molar-refractivity contribution in [1.82, 2.24) is 9.97 Å². The van der Waals surface area contributed by atoms with Crippen LogP contribution in [0.3, 0.4) is 0 Å². The van der Waals surface area contributed by atoms with Gasteiger partial charge in [-0.15, -0.1) is 0 Å². The minimum Gasteiger partial charge on any atom is -0.342 e. The second-order valence-electron chi connectivity index (χ2n) is 5.20. The van der Waals surface area contributed by atoms with Crippen LogP contribution < -0.4 is 0 Å². The van der Waals surface area contributed by atoms with E-state index in [0.29, 0.717) is 5.92 Å². The molecule has 3 nitrogen and oxygen atoms in total. The highest BCUT2D eigenvalue weighted by Gasteiger charge is 2.44. The summed E-state index contributed by atoms with van der Waals surface area (Å²) in [5.41, 5.74) is 2.96. The first-order valence-electron chi connectivity index (χ1n) is 6.06. The molecule has 2 aromatic rings. The van der Waals surface area contributed by atoms with Crippen LogP contribution >= 0.6 is 0 Å². The van der Waals surface area contributed by atoms with Crippen LogP contribution in [-0.4, -0.2) is 9.97 Å². The molecule has 0 unspecified atom stereocenters. The maximum Gasteiger partial charge on any atom is 0.109 e. The minimum absolute atomic E-state index is 0.211. The summed E-state index contributed by atoms with van der Waals surface area (Å²) in [7, 11) is 0. The Morgan fingerprint density at radius 1 is 1.41 bits per heavy atom. The molecule has 1 aromatic carbocycles. The number of hydrogen-bond donors (Lipinski definition) is 1. The van der Waals surface area contributed by atoms with Crippen LogP contribution in [0.4, 0.5) is 0 Å². The standard InChI is InChI=1S/C14H15N3/c1-9(2)13-16-11-4-3-10(7-12(11)17-13)14(8-15)5-6-14/h3-4,7,9H,5-6H2,1-2H3,(H,16,17). The van der Waals surface area contributed by atoms with E-state index in [2.05, 4.69) is 36.0 Å². The summed E-state index contributed by atoms with van der Waals surface area (Å²) < 4.78 is 0. The van der Waals surface area contributed by atoms with Gasteiger partial charge >= 0.3 is 0 Å². The van der Waals surface area contributed by atoms with Crippen molar-refractivity contribution in [2.45, 2.75) is 38.0 Å². The van der Waals surface area contributed by atoms with Crippen molar-refractivity contribution >= 4 is 11.0 Å². The second-order valence-corrected chi connectivity index (χ2v) is 5.20. The molecular weight excluding hydrogens is 210 g/mol. The van der Waals surface area contributed by atoms with Gasteiger partial charge in [0.1, 0.15) is 5.82 Å². The average molecular weight is 225 g/mol. The molecule has 1 aromatic heterocycles. The van der Waals surface area contributed by atoms with E-state index in [1.54, 1.807) is 0 Å². The summed E-state index contributed by atoms with van der Waals surface area (Å²) in [5.74, 6) is 1.41. The fourth-order valence-electron chi connectivity index (χ4n) is 2.19. The largest absolute Gasteiger partial charge is 0.342 e. The zero-order chi connectivity index (χ0) is 12.0. The lowest BCUT2D eigenvalue weighted by Crippen LogP contribution is -2.01. The molecule has 1 heterocycles. The zero-order valence-electron chi connectivity index (χ0n) is 10.1. The van der Waals surface area contributed by atoms with Crippen molar-refractivity contribution in [3.05, 3.63) is 29.6 Å². The van der Waals surface area contributed by atoms with Crippen molar-refractivity contribution in [3.8, 4) is 6.07 Å². The van der Waals surface area contributed by atoms with Crippen LogP contribution in [0.5, 0.6) is 0 Å². The number of aromatic nitrogens is 2. The van der Waals surface area contributed by atoms with Gasteiger partial charge in [0.25, 0.3) is 0 Å². The summed E-state index contributed by atoms with van der Waals surface area (Å²) in [5, 5.41) is 9.20. The van der Waals surface area contributed by atoms with E-state index in [9.17, 15) is 5.26 Å². The highest BCUT2D eigenvalue weighted by molar-refractivity contribution is 5.76. The number of nitriles is 1. The first-order valence-corrected chi connectivity index (χ1v) is 6.06. The molecule has 3 rings (SSSR count). The molecule has 86 valence electrons. The molecule has 3 heteroatoms. The number of hydrogen-bond acceptors (Lipinski definition) is 2. The summed E-state index contributed by atoms with van der Waals surface area (Å²) in [6, 6.07) is 8.58. The maximum absolute atomic E-state index is 9.20. The minimum atomic E-state index is -0.211. The number of imidazole rings is 1. The third kappa shape index (κ3) is 1.52. The summed E-state index contributed by atoms with van der Waals surface area (Å²) in [6.07, 6.45) is 1.97. The molecule has 1 aliphatic carbocycles. The van der Waals surface area contributed by atoms with Crippen LogP contribution in [0.1, 0.15) is 44.0 Å². The Hall–Kier alpha value is -1.82. The Morgan fingerprint density at radius 2 is 2.18 bits per heavy atom. The fourth-order valence-corrected chi connectivity index (χ4v) is 2.19. The number of H-pyrrole nitrogens is 1. The van der Waals surface area contributed by atoms with Crippen molar-refractivity contribution in [3.63, 3.8) is 0 Å². The van der Waals surface area contributed by atoms with Gasteiger partial charge in [-0.25, -0.2) is 4.98 Å². The molecule has 0 bridgehead atoms. The first kappa shape index (κ1) is 10.3. The molecule has 1 aliphatic rings. The average Bonchev–Trinajstić information content (AvgIpc) is 3.00. The van der Waals surface area contributed by atoms with Gasteiger partial charge in [-0.1, -0.05) is 19.9 Å². The van der Waals surface area contributed by atoms with E-state index >= 15 is 0 Å². The molecule has 0 radical (unpaired) electrons. The maximum atomic E-state index is 9.20. The lowest BCUT2D eigenvalue weighted by Gasteiger charge is -2.04. The normalized spacial score (nSPS) is 17.3. The lowest BCUT2D eigenvalue weighted by atomic mass is 9.97. The highest BCUT2D eigenvalue weighted by Crippen LogP contribution is 2.47. The third-order valence-electron chi connectivity index (χ3n) is 3.56. The fraction of sp³-hybridized carbons (Fsp3) is 0.429. The molecule has 0 amide bonds. The molecular formula is C14H15N3. The number of nitrogens with zero attached hydrogens (tertiary/aromatic N) is 2. The van der Waals surface area contributed by atoms with Crippen LogP contribution in [0.25, 0.3) is 11.0 Å². The summed E-state index contributed by atoms with van der Waals surface area (Å²) in [4.78, 5) is 7.88. The number of fused-ring (bicyclic) bond motifs is 1. The van der Waals surface area contributed by atoms with E-state index in [4.69, 9.17) is 0 Å². The van der Waals surface area contributed by atoms with Gasteiger partial charge in [0.05, 0.1) is 22.5 Å². The monoisotopic (exact) mass is 225 g/mol. The molecule has 0 spiro atoms. The Labute approximate surface area is 100 Å². The number of aromatic amines is 1. The summed E-state index contributed by atoms with van der Waals surface area (Å²) in [6.45, 7) is 4.24. The van der Waals surface area contributed by atoms with Crippen LogP contribution in [0.2, 0.25) is 0 Å². The van der Waals surface area contributed by atoms with Gasteiger partial charge in [0.2, 0.25) is 0 Å². The summed E-state index contributed by atoms with van der Waals surface area (Å²) >= 11 is 0. The van der Waals surface area contributed by atoms with Gasteiger partial charge in [-0.2, -0.15) is 5.26 Å². The molecule has 1 saturated carbocycles. The zero-order valence-corrected chi connectivity index (χ0v) is 10.1. The first-order chi connectivity index (χ1) is 8.14. The van der Waals surface area contributed by atoms with Gasteiger partial charge in [0.15, 0.2) is 0 Å². The van der Waals surface area contributed by atoms with E-state index in [1.165, 1.54) is 0 Å². The number of benzene rings is 1. The molecule has 0 aliphatic heterocycles. The molecule has 17 heavy (non-hydrogen) atoms. The van der Waals surface area contributed by atoms with Crippen LogP contribution in [-0.2, 0) is 5.41 Å². The number of rotatable bonds is 2. The molecule has 0 atom stereocenters. The van der Waals surface area contributed by atoms with E-state index in [-0.39, 0.29) is 5.41 Å². The van der Waals surface area contributed by atoms with Gasteiger partial charge in [-0.05, 0) is 30.5 Å². The Balaban J connectivity index is 2.11. The Morgan fingerprint density at radius 3 is 2.76 bits per heavy atom. The van der Waals surface area contributed by atoms with E-state index < -0.39 is 0 Å². The van der Waals surface area contributed by atoms with Gasteiger partial charge in [-0.3, -0.25) is 0 Å². The molecule has 0 saturated heterocycles. The number of nitrogens with one attached hydrogen (secondary N) is 1. The Kier molecular flexibility index (Phi) is 2.03. The Bertz CT molecular complexity index is 612. The SMILES string of the molecule is CC(C)c1nc2ccc(C3(C#N)CC3)cc2[nH]1. The smallest absolute Gasteiger partial charge is 0.109 e. The predicted molar refractivity (Wildman–Crippen MR) is 66.7 cm³/mol. The van der Waals surface area contributed by atoms with Crippen LogP contribution in [0, 0.1) is 11.3 Å². The second kappa shape index (κ2) is 3.33. The van der Waals surface area contributed by atoms with Gasteiger partial charge < -0.3 is 4.98 Å². The van der Waals surface area contributed by atoms with E-state index in [1.807, 2.05) is 12.1 Å². The van der Waals surface area contributed by atoms with Crippen molar-refractivity contribution < 1.29 is 0 Å². The van der Waals surface area contributed by atoms with E-state index in [0.717, 1.165) is 35.3 Å². The van der Waals surface area contributed by atoms with Crippen molar-refractivity contribution in [2.75, 3.05) is 0 Å². The highest BCUT2D eigenvalue weighted by atomic mass is 14.9. The van der Waals surface area contributed by atoms with Crippen molar-refractivity contribution in [2.24, 2.45) is 0 Å². The molecule has 1 N–H and O–H groups in total. The lowest BCUT2D eigenvalue weighted by molar-refractivity contribution is 0.799. The van der Waals surface area contributed by atoms with Crippen molar-refractivity contribution in [1.29, 1.82) is 5.26 Å². The third-order valence-corrected chi connectivity index (χ3v) is 3.56. The predicted octanol–water partition coefficient (Wildman–Crippen LogP) is 3.24. The topological polar surface area (TPSA) is 52.5 Å². The van der Waals surface area contributed by atoms with Crippen LogP contribution in [0.15, 0.2) is 18.2 Å². The quantitative estimate of drug-likeness (QED) is 0.853.